The van der Waals surface area contributed by atoms with Gasteiger partial charge in [0.2, 0.25) is 0 Å². The monoisotopic (exact) mass is 271 g/mol. The lowest BCUT2D eigenvalue weighted by atomic mass is 10.00. The van der Waals surface area contributed by atoms with Crippen molar-refractivity contribution < 1.29 is 9.21 Å². The summed E-state index contributed by atoms with van der Waals surface area (Å²) in [5.74, 6) is 1.33. The molecule has 1 N–H and O–H groups in total. The van der Waals surface area contributed by atoms with E-state index in [2.05, 4.69) is 37.4 Å². The minimum absolute atomic E-state index is 0.0305. The molecule has 0 aliphatic carbocycles. The quantitative estimate of drug-likeness (QED) is 0.916. The maximum absolute atomic E-state index is 12.3. The van der Waals surface area contributed by atoms with Gasteiger partial charge in [-0.05, 0) is 51.8 Å². The molecule has 0 aliphatic rings. The molecule has 1 aromatic carbocycles. The number of benzene rings is 1. The lowest BCUT2D eigenvalue weighted by molar-refractivity contribution is 0.0938. The Morgan fingerprint density at radius 1 is 1.15 bits per heavy atom. The third-order valence-corrected chi connectivity index (χ3v) is 3.53. The molecule has 0 spiro atoms. The Morgan fingerprint density at radius 2 is 1.85 bits per heavy atom. The maximum Gasteiger partial charge on any atom is 0.255 e. The van der Waals surface area contributed by atoms with Gasteiger partial charge >= 0.3 is 0 Å². The fourth-order valence-corrected chi connectivity index (χ4v) is 2.43. The average Bonchev–Trinajstić information content (AvgIpc) is 2.71. The Bertz CT molecular complexity index is 640. The number of carbonyl (C=O) groups is 1. The summed E-state index contributed by atoms with van der Waals surface area (Å²) in [6, 6.07) is 8.03. The number of hydrogen-bond donors (Lipinski definition) is 1. The summed E-state index contributed by atoms with van der Waals surface area (Å²) in [7, 11) is 0. The normalized spacial score (nSPS) is 12.2. The zero-order valence-electron chi connectivity index (χ0n) is 12.7. The van der Waals surface area contributed by atoms with Gasteiger partial charge in [-0.2, -0.15) is 0 Å². The average molecular weight is 271 g/mol. The Morgan fingerprint density at radius 3 is 2.45 bits per heavy atom. The molecule has 0 aliphatic heterocycles. The number of carbonyl (C=O) groups excluding carboxylic acids is 1. The van der Waals surface area contributed by atoms with Gasteiger partial charge in [-0.3, -0.25) is 4.79 Å². The molecule has 20 heavy (non-hydrogen) atoms. The molecule has 106 valence electrons. The molecular weight excluding hydrogens is 250 g/mol. The predicted octanol–water partition coefficient (Wildman–Crippen LogP) is 4.00. The standard InChI is InChI=1S/C17H21NO2/c1-10-6-7-11(2)15(8-10)13(4)18-17(19)16-9-12(3)20-14(16)5/h6-9,13H,1-5H3,(H,18,19)/t13-/m0/s1. The van der Waals surface area contributed by atoms with Crippen LogP contribution in [0.3, 0.4) is 0 Å². The van der Waals surface area contributed by atoms with Crippen molar-refractivity contribution in [3.8, 4) is 0 Å². The SMILES string of the molecule is Cc1ccc(C)c([C@H](C)NC(=O)c2cc(C)oc2C)c1. The van der Waals surface area contributed by atoms with E-state index in [1.165, 1.54) is 11.1 Å². The summed E-state index contributed by atoms with van der Waals surface area (Å²) in [5.41, 5.74) is 4.14. The van der Waals surface area contributed by atoms with Crippen molar-refractivity contribution in [3.63, 3.8) is 0 Å². The first-order valence-corrected chi connectivity index (χ1v) is 6.83. The van der Waals surface area contributed by atoms with Crippen molar-refractivity contribution >= 4 is 5.91 Å². The smallest absolute Gasteiger partial charge is 0.255 e. The summed E-state index contributed by atoms with van der Waals surface area (Å²) in [6.07, 6.45) is 0. The van der Waals surface area contributed by atoms with Crippen LogP contribution in [-0.2, 0) is 0 Å². The Hall–Kier alpha value is -2.03. The molecule has 0 radical (unpaired) electrons. The van der Waals surface area contributed by atoms with E-state index in [0.29, 0.717) is 11.3 Å². The van der Waals surface area contributed by atoms with E-state index in [4.69, 9.17) is 4.42 Å². The van der Waals surface area contributed by atoms with Gasteiger partial charge in [-0.1, -0.05) is 23.8 Å². The van der Waals surface area contributed by atoms with Crippen LogP contribution in [0.25, 0.3) is 0 Å². The van der Waals surface area contributed by atoms with Crippen LogP contribution in [0.4, 0.5) is 0 Å². The van der Waals surface area contributed by atoms with Crippen LogP contribution in [0.1, 0.15) is 51.5 Å². The molecule has 3 heteroatoms. The van der Waals surface area contributed by atoms with E-state index in [1.807, 2.05) is 20.8 Å². The van der Waals surface area contributed by atoms with Gasteiger partial charge in [0.15, 0.2) is 0 Å². The number of hydrogen-bond acceptors (Lipinski definition) is 2. The zero-order chi connectivity index (χ0) is 14.9. The summed E-state index contributed by atoms with van der Waals surface area (Å²) in [5, 5.41) is 3.04. The molecule has 0 saturated carbocycles. The third kappa shape index (κ3) is 2.93. The van der Waals surface area contributed by atoms with E-state index in [1.54, 1.807) is 6.07 Å². The van der Waals surface area contributed by atoms with Crippen LogP contribution in [0, 0.1) is 27.7 Å². The topological polar surface area (TPSA) is 42.2 Å². The highest BCUT2D eigenvalue weighted by molar-refractivity contribution is 5.95. The van der Waals surface area contributed by atoms with Gasteiger partial charge < -0.3 is 9.73 Å². The van der Waals surface area contributed by atoms with Crippen LogP contribution in [-0.4, -0.2) is 5.91 Å². The maximum atomic E-state index is 12.3. The summed E-state index contributed by atoms with van der Waals surface area (Å²) in [4.78, 5) is 12.3. The van der Waals surface area contributed by atoms with E-state index in [9.17, 15) is 4.79 Å². The van der Waals surface area contributed by atoms with Crippen LogP contribution in [0.5, 0.6) is 0 Å². The summed E-state index contributed by atoms with van der Waals surface area (Å²) < 4.78 is 5.40. The molecular formula is C17H21NO2. The first-order chi connectivity index (χ1) is 9.38. The molecule has 0 unspecified atom stereocenters. The number of aryl methyl sites for hydroxylation is 4. The van der Waals surface area contributed by atoms with E-state index < -0.39 is 0 Å². The lowest BCUT2D eigenvalue weighted by Crippen LogP contribution is -2.27. The Labute approximate surface area is 120 Å². The van der Waals surface area contributed by atoms with E-state index >= 15 is 0 Å². The molecule has 2 rings (SSSR count). The molecule has 1 aromatic heterocycles. The largest absolute Gasteiger partial charge is 0.466 e. The lowest BCUT2D eigenvalue weighted by Gasteiger charge is -2.17. The van der Waals surface area contributed by atoms with Crippen molar-refractivity contribution in [2.75, 3.05) is 0 Å². The highest BCUT2D eigenvalue weighted by Crippen LogP contribution is 2.20. The van der Waals surface area contributed by atoms with Crippen molar-refractivity contribution in [2.24, 2.45) is 0 Å². The number of amides is 1. The second-order valence-electron chi connectivity index (χ2n) is 5.38. The Kier molecular flexibility index (Phi) is 3.98. The first kappa shape index (κ1) is 14.4. The van der Waals surface area contributed by atoms with Crippen LogP contribution >= 0.6 is 0 Å². The molecule has 1 atom stereocenters. The third-order valence-electron chi connectivity index (χ3n) is 3.53. The Balaban J connectivity index is 2.19. The molecule has 3 nitrogen and oxygen atoms in total. The van der Waals surface area contributed by atoms with Gasteiger partial charge in [-0.15, -0.1) is 0 Å². The van der Waals surface area contributed by atoms with E-state index in [0.717, 1.165) is 11.3 Å². The summed E-state index contributed by atoms with van der Waals surface area (Å²) in [6.45, 7) is 9.77. The molecule has 1 heterocycles. The molecule has 0 fully saturated rings. The fourth-order valence-electron chi connectivity index (χ4n) is 2.43. The van der Waals surface area contributed by atoms with Crippen molar-refractivity contribution in [3.05, 3.63) is 58.0 Å². The van der Waals surface area contributed by atoms with Crippen LogP contribution < -0.4 is 5.32 Å². The zero-order valence-corrected chi connectivity index (χ0v) is 12.7. The minimum atomic E-state index is -0.0900. The van der Waals surface area contributed by atoms with Crippen LogP contribution in [0.15, 0.2) is 28.7 Å². The second-order valence-corrected chi connectivity index (χ2v) is 5.38. The van der Waals surface area contributed by atoms with Gasteiger partial charge in [0.05, 0.1) is 11.6 Å². The summed E-state index contributed by atoms with van der Waals surface area (Å²) >= 11 is 0. The van der Waals surface area contributed by atoms with Crippen molar-refractivity contribution in [1.82, 2.24) is 5.32 Å². The predicted molar refractivity (Wildman–Crippen MR) is 80.0 cm³/mol. The molecule has 1 amide bonds. The highest BCUT2D eigenvalue weighted by atomic mass is 16.3. The number of furan rings is 1. The van der Waals surface area contributed by atoms with Crippen molar-refractivity contribution in [1.29, 1.82) is 0 Å². The minimum Gasteiger partial charge on any atom is -0.466 e. The second kappa shape index (κ2) is 5.53. The molecule has 2 aromatic rings. The fraction of sp³-hybridized carbons (Fsp3) is 0.353. The van der Waals surface area contributed by atoms with Gasteiger partial charge in [0.1, 0.15) is 11.5 Å². The van der Waals surface area contributed by atoms with E-state index in [-0.39, 0.29) is 11.9 Å². The van der Waals surface area contributed by atoms with Gasteiger partial charge in [-0.25, -0.2) is 0 Å². The molecule has 0 saturated heterocycles. The number of rotatable bonds is 3. The van der Waals surface area contributed by atoms with Crippen molar-refractivity contribution in [2.45, 2.75) is 40.7 Å². The van der Waals surface area contributed by atoms with Gasteiger partial charge in [0, 0.05) is 0 Å². The molecule has 0 bridgehead atoms. The number of nitrogens with one attached hydrogen (secondary N) is 1. The first-order valence-electron chi connectivity index (χ1n) is 6.83. The van der Waals surface area contributed by atoms with Crippen LogP contribution in [0.2, 0.25) is 0 Å². The van der Waals surface area contributed by atoms with Gasteiger partial charge in [0.25, 0.3) is 5.91 Å². The highest BCUT2D eigenvalue weighted by Gasteiger charge is 2.17.